The van der Waals surface area contributed by atoms with Gasteiger partial charge in [0.1, 0.15) is 11.3 Å². The molecule has 7 nitrogen and oxygen atoms in total. The van der Waals surface area contributed by atoms with Crippen LogP contribution >= 0.6 is 0 Å². The van der Waals surface area contributed by atoms with E-state index in [1.807, 2.05) is 43.3 Å². The summed E-state index contributed by atoms with van der Waals surface area (Å²) in [4.78, 5) is 12.9. The number of aryl methyl sites for hydroxylation is 1. The number of rotatable bonds is 3. The fraction of sp³-hybridized carbons (Fsp3) is 0.0435. The molecule has 6 aromatic rings. The lowest BCUT2D eigenvalue weighted by Gasteiger charge is -2.04. The normalized spacial score (nSPS) is 11.5. The van der Waals surface area contributed by atoms with Crippen LogP contribution in [0, 0.1) is 12.7 Å². The fourth-order valence-electron chi connectivity index (χ4n) is 3.88. The van der Waals surface area contributed by atoms with E-state index in [4.69, 9.17) is 9.97 Å². The Balaban J connectivity index is 1.53. The molecule has 0 bridgehead atoms. The predicted molar refractivity (Wildman–Crippen MR) is 117 cm³/mol. The summed E-state index contributed by atoms with van der Waals surface area (Å²) in [6.07, 6.45) is 3.52. The highest BCUT2D eigenvalue weighted by Crippen LogP contribution is 2.32. The second kappa shape index (κ2) is 6.60. The number of imidazole rings is 1. The van der Waals surface area contributed by atoms with Crippen LogP contribution in [0.3, 0.4) is 0 Å². The molecule has 3 N–H and O–H groups in total. The lowest BCUT2D eigenvalue weighted by atomic mass is 10.0. The van der Waals surface area contributed by atoms with Crippen molar-refractivity contribution in [2.45, 2.75) is 6.92 Å². The Morgan fingerprint density at radius 1 is 0.903 bits per heavy atom. The summed E-state index contributed by atoms with van der Waals surface area (Å²) in [5.41, 5.74) is 7.92. The first-order chi connectivity index (χ1) is 15.2. The minimum atomic E-state index is -0.267. The second-order valence-electron chi connectivity index (χ2n) is 7.46. The molecular formula is C23H16FN7. The molecule has 0 fully saturated rings. The van der Waals surface area contributed by atoms with Gasteiger partial charge in [-0.1, -0.05) is 18.2 Å². The van der Waals surface area contributed by atoms with Crippen molar-refractivity contribution in [3.8, 4) is 33.9 Å². The highest BCUT2D eigenvalue weighted by Gasteiger charge is 2.17. The molecule has 2 aromatic carbocycles. The lowest BCUT2D eigenvalue weighted by molar-refractivity contribution is 0.627. The molecule has 0 aliphatic rings. The van der Waals surface area contributed by atoms with Gasteiger partial charge in [0.05, 0.1) is 28.4 Å². The van der Waals surface area contributed by atoms with Crippen LogP contribution < -0.4 is 0 Å². The van der Waals surface area contributed by atoms with E-state index >= 15 is 0 Å². The zero-order chi connectivity index (χ0) is 20.9. The van der Waals surface area contributed by atoms with Crippen LogP contribution in [0.25, 0.3) is 56.0 Å². The summed E-state index contributed by atoms with van der Waals surface area (Å²) >= 11 is 0. The number of nitrogens with one attached hydrogen (secondary N) is 3. The number of aromatic nitrogens is 7. The standard InChI is InChI=1S/C23H16FN7/c1-12-7-13(9-15(24)8-12)16-3-2-4-18-20(16)29-23(28-18)22-21-19(30-31-22)6-5-17(27-21)14-10-25-26-11-14/h2-11H,1H3,(H,25,26)(H,28,29)(H,30,31). The molecule has 4 aromatic heterocycles. The van der Waals surface area contributed by atoms with E-state index in [2.05, 4.69) is 25.4 Å². The summed E-state index contributed by atoms with van der Waals surface area (Å²) < 4.78 is 14.0. The van der Waals surface area contributed by atoms with E-state index < -0.39 is 0 Å². The van der Waals surface area contributed by atoms with E-state index in [0.29, 0.717) is 17.0 Å². The van der Waals surface area contributed by atoms with Gasteiger partial charge in [0.15, 0.2) is 11.5 Å². The van der Waals surface area contributed by atoms with Crippen molar-refractivity contribution in [3.05, 3.63) is 72.3 Å². The summed E-state index contributed by atoms with van der Waals surface area (Å²) in [6.45, 7) is 1.88. The van der Waals surface area contributed by atoms with Crippen LogP contribution in [0.15, 0.2) is 60.9 Å². The SMILES string of the molecule is Cc1cc(F)cc(-c2cccc3[nH]c(-c4n[nH]c5ccc(-c6cn[nH]c6)nc45)nc23)c1. The van der Waals surface area contributed by atoms with Crippen molar-refractivity contribution in [2.75, 3.05) is 0 Å². The predicted octanol–water partition coefficient (Wildman–Crippen LogP) is 5.01. The number of hydrogen-bond donors (Lipinski definition) is 3. The summed E-state index contributed by atoms with van der Waals surface area (Å²) in [6, 6.07) is 14.7. The van der Waals surface area contributed by atoms with Crippen molar-refractivity contribution in [1.82, 2.24) is 35.3 Å². The lowest BCUT2D eigenvalue weighted by Crippen LogP contribution is -1.86. The largest absolute Gasteiger partial charge is 0.336 e. The second-order valence-corrected chi connectivity index (χ2v) is 7.46. The van der Waals surface area contributed by atoms with Gasteiger partial charge in [-0.3, -0.25) is 10.2 Å². The Hall–Kier alpha value is -4.33. The van der Waals surface area contributed by atoms with E-state index in [0.717, 1.165) is 44.5 Å². The Kier molecular flexibility index (Phi) is 3.73. The molecule has 0 unspecified atom stereocenters. The average Bonchev–Trinajstić information content (AvgIpc) is 3.50. The van der Waals surface area contributed by atoms with Gasteiger partial charge in [-0.15, -0.1) is 0 Å². The van der Waals surface area contributed by atoms with Gasteiger partial charge in [-0.2, -0.15) is 10.2 Å². The smallest absolute Gasteiger partial charge is 0.161 e. The summed E-state index contributed by atoms with van der Waals surface area (Å²) in [5, 5.41) is 14.3. The number of fused-ring (bicyclic) bond motifs is 2. The Morgan fingerprint density at radius 3 is 2.68 bits per heavy atom. The zero-order valence-corrected chi connectivity index (χ0v) is 16.4. The minimum Gasteiger partial charge on any atom is -0.336 e. The van der Waals surface area contributed by atoms with Crippen LogP contribution in [-0.2, 0) is 0 Å². The Labute approximate surface area is 175 Å². The van der Waals surface area contributed by atoms with Crippen LogP contribution in [0.4, 0.5) is 4.39 Å². The highest BCUT2D eigenvalue weighted by molar-refractivity contribution is 5.96. The summed E-state index contributed by atoms with van der Waals surface area (Å²) in [7, 11) is 0. The molecule has 6 rings (SSSR count). The number of para-hydroxylation sites is 1. The van der Waals surface area contributed by atoms with E-state index in [1.165, 1.54) is 12.1 Å². The average molecular weight is 409 g/mol. The first-order valence-corrected chi connectivity index (χ1v) is 9.77. The van der Waals surface area contributed by atoms with Gasteiger partial charge in [0.2, 0.25) is 0 Å². The number of pyridine rings is 1. The van der Waals surface area contributed by atoms with Crippen LogP contribution in [0.1, 0.15) is 5.56 Å². The van der Waals surface area contributed by atoms with Crippen LogP contribution in [0.5, 0.6) is 0 Å². The maximum absolute atomic E-state index is 14.0. The van der Waals surface area contributed by atoms with Crippen molar-refractivity contribution in [3.63, 3.8) is 0 Å². The molecule has 0 atom stereocenters. The molecule has 0 saturated heterocycles. The molecule has 31 heavy (non-hydrogen) atoms. The molecule has 0 saturated carbocycles. The maximum Gasteiger partial charge on any atom is 0.161 e. The number of halogens is 1. The number of H-pyrrole nitrogens is 3. The fourth-order valence-corrected chi connectivity index (χ4v) is 3.88. The van der Waals surface area contributed by atoms with Crippen molar-refractivity contribution in [1.29, 1.82) is 0 Å². The highest BCUT2D eigenvalue weighted by atomic mass is 19.1. The molecule has 0 amide bonds. The third kappa shape index (κ3) is 2.88. The van der Waals surface area contributed by atoms with Crippen LogP contribution in [-0.4, -0.2) is 35.3 Å². The van der Waals surface area contributed by atoms with Gasteiger partial charge in [0.25, 0.3) is 0 Å². The molecular weight excluding hydrogens is 393 g/mol. The van der Waals surface area contributed by atoms with Gasteiger partial charge in [-0.25, -0.2) is 14.4 Å². The number of benzene rings is 2. The van der Waals surface area contributed by atoms with Gasteiger partial charge >= 0.3 is 0 Å². The van der Waals surface area contributed by atoms with Crippen molar-refractivity contribution >= 4 is 22.1 Å². The molecule has 0 aliphatic carbocycles. The van der Waals surface area contributed by atoms with Crippen molar-refractivity contribution < 1.29 is 4.39 Å². The number of aromatic amines is 3. The topological polar surface area (TPSA) is 98.9 Å². The first-order valence-electron chi connectivity index (χ1n) is 9.77. The molecule has 150 valence electrons. The zero-order valence-electron chi connectivity index (χ0n) is 16.4. The molecule has 0 aliphatic heterocycles. The third-order valence-electron chi connectivity index (χ3n) is 5.29. The Bertz CT molecular complexity index is 1540. The molecule has 4 heterocycles. The van der Waals surface area contributed by atoms with Gasteiger partial charge in [0, 0.05) is 17.3 Å². The number of hydrogen-bond acceptors (Lipinski definition) is 4. The maximum atomic E-state index is 14.0. The molecule has 8 heteroatoms. The monoisotopic (exact) mass is 409 g/mol. The molecule has 0 spiro atoms. The van der Waals surface area contributed by atoms with E-state index in [-0.39, 0.29) is 5.82 Å². The van der Waals surface area contributed by atoms with Gasteiger partial charge < -0.3 is 4.98 Å². The van der Waals surface area contributed by atoms with Crippen molar-refractivity contribution in [2.24, 2.45) is 0 Å². The third-order valence-corrected chi connectivity index (χ3v) is 5.29. The molecule has 0 radical (unpaired) electrons. The van der Waals surface area contributed by atoms with Gasteiger partial charge in [-0.05, 0) is 48.4 Å². The summed E-state index contributed by atoms with van der Waals surface area (Å²) in [5.74, 6) is 0.329. The quantitative estimate of drug-likeness (QED) is 0.383. The minimum absolute atomic E-state index is 0.267. The van der Waals surface area contributed by atoms with E-state index in [9.17, 15) is 4.39 Å². The Morgan fingerprint density at radius 2 is 1.84 bits per heavy atom. The van der Waals surface area contributed by atoms with E-state index in [1.54, 1.807) is 12.4 Å². The first kappa shape index (κ1) is 17.5. The number of nitrogens with zero attached hydrogens (tertiary/aromatic N) is 4. The van der Waals surface area contributed by atoms with Crippen LogP contribution in [0.2, 0.25) is 0 Å².